The van der Waals surface area contributed by atoms with Crippen molar-refractivity contribution in [3.63, 3.8) is 0 Å². The van der Waals surface area contributed by atoms with Crippen LogP contribution in [0.15, 0.2) is 144 Å². The lowest BCUT2D eigenvalue weighted by molar-refractivity contribution is 0.660. The number of hydrogen-bond acceptors (Lipinski definition) is 2. The zero-order valence-electron chi connectivity index (χ0n) is 23.1. The number of hydrogen-bond donors (Lipinski definition) is 0. The predicted octanol–water partition coefficient (Wildman–Crippen LogP) is 11.0. The highest BCUT2D eigenvalue weighted by molar-refractivity contribution is 6.06. The molecule has 0 saturated carbocycles. The molecule has 0 unspecified atom stereocenters. The average Bonchev–Trinajstić information content (AvgIpc) is 3.50. The van der Waals surface area contributed by atoms with Crippen LogP contribution < -0.4 is 4.90 Å². The van der Waals surface area contributed by atoms with Crippen molar-refractivity contribution < 1.29 is 4.42 Å². The molecule has 0 saturated heterocycles. The Kier molecular flexibility index (Phi) is 5.20. The van der Waals surface area contributed by atoms with E-state index in [4.69, 9.17) is 4.42 Å². The van der Waals surface area contributed by atoms with Crippen molar-refractivity contribution >= 4 is 39.0 Å². The van der Waals surface area contributed by atoms with E-state index in [0.29, 0.717) is 0 Å². The molecule has 2 heteroatoms. The largest absolute Gasteiger partial charge is 0.456 e. The van der Waals surface area contributed by atoms with E-state index < -0.39 is 0 Å². The SMILES string of the molecule is CC1(C)c2ccccc2-c2c(-c3cccc(N(c4ccccc4)c4ccc5c(c4)oc4ccccc45)c3)cccc21. The van der Waals surface area contributed by atoms with Crippen LogP contribution in [0, 0.1) is 0 Å². The third kappa shape index (κ3) is 3.64. The second kappa shape index (κ2) is 8.97. The normalized spacial score (nSPS) is 13.3. The van der Waals surface area contributed by atoms with Gasteiger partial charge in [-0.15, -0.1) is 0 Å². The third-order valence-electron chi connectivity index (χ3n) is 8.66. The Bertz CT molecular complexity index is 2080. The number of furan rings is 1. The van der Waals surface area contributed by atoms with Crippen molar-refractivity contribution in [3.8, 4) is 22.3 Å². The van der Waals surface area contributed by atoms with Crippen molar-refractivity contribution in [2.75, 3.05) is 4.90 Å². The summed E-state index contributed by atoms with van der Waals surface area (Å²) in [6.45, 7) is 4.67. The second-order valence-electron chi connectivity index (χ2n) is 11.4. The highest BCUT2D eigenvalue weighted by atomic mass is 16.3. The number of nitrogens with zero attached hydrogens (tertiary/aromatic N) is 1. The third-order valence-corrected chi connectivity index (χ3v) is 8.66. The molecule has 1 aliphatic carbocycles. The summed E-state index contributed by atoms with van der Waals surface area (Å²) in [4.78, 5) is 2.32. The van der Waals surface area contributed by atoms with E-state index in [2.05, 4.69) is 146 Å². The fourth-order valence-electron chi connectivity index (χ4n) is 6.69. The number of rotatable bonds is 4. The van der Waals surface area contributed by atoms with Gasteiger partial charge in [-0.1, -0.05) is 105 Å². The molecule has 0 fully saturated rings. The maximum absolute atomic E-state index is 6.28. The van der Waals surface area contributed by atoms with Crippen molar-refractivity contribution in [1.29, 1.82) is 0 Å². The zero-order chi connectivity index (χ0) is 27.6. The monoisotopic (exact) mass is 527 g/mol. The molecule has 0 radical (unpaired) electrons. The zero-order valence-corrected chi connectivity index (χ0v) is 23.1. The first-order valence-corrected chi connectivity index (χ1v) is 14.2. The van der Waals surface area contributed by atoms with Crippen molar-refractivity contribution in [2.24, 2.45) is 0 Å². The van der Waals surface area contributed by atoms with Crippen molar-refractivity contribution in [2.45, 2.75) is 19.3 Å². The van der Waals surface area contributed by atoms with E-state index in [-0.39, 0.29) is 5.41 Å². The van der Waals surface area contributed by atoms with Gasteiger partial charge in [-0.2, -0.15) is 0 Å². The summed E-state index contributed by atoms with van der Waals surface area (Å²) in [6, 6.07) is 49.9. The molecule has 6 aromatic carbocycles. The summed E-state index contributed by atoms with van der Waals surface area (Å²) in [5.41, 5.74) is 13.0. The minimum atomic E-state index is -0.0301. The first-order chi connectivity index (χ1) is 20.1. The van der Waals surface area contributed by atoms with Crippen LogP contribution in [-0.4, -0.2) is 0 Å². The molecule has 0 aliphatic heterocycles. The number of fused-ring (bicyclic) bond motifs is 6. The molecular weight excluding hydrogens is 498 g/mol. The van der Waals surface area contributed by atoms with Gasteiger partial charge in [-0.25, -0.2) is 0 Å². The van der Waals surface area contributed by atoms with E-state index in [1.54, 1.807) is 0 Å². The Morgan fingerprint density at radius 1 is 0.488 bits per heavy atom. The Hall–Kier alpha value is -5.08. The van der Waals surface area contributed by atoms with Gasteiger partial charge in [-0.3, -0.25) is 0 Å². The van der Waals surface area contributed by atoms with Crippen LogP contribution in [0.4, 0.5) is 17.1 Å². The van der Waals surface area contributed by atoms with Crippen LogP contribution in [0.25, 0.3) is 44.2 Å². The standard InChI is InChI=1S/C39H29NO/c1-39(2)34-19-8-6-17-33(34)38-30(18-11-20-35(38)39)26-12-10-15-28(24-26)40(27-13-4-3-5-14-27)29-22-23-32-31-16-7-9-21-36(31)41-37(32)25-29/h3-25H,1-2H3. The van der Waals surface area contributed by atoms with Gasteiger partial charge < -0.3 is 9.32 Å². The van der Waals surface area contributed by atoms with Crippen LogP contribution in [0.2, 0.25) is 0 Å². The fourth-order valence-corrected chi connectivity index (χ4v) is 6.69. The molecule has 0 amide bonds. The minimum absolute atomic E-state index is 0.0301. The summed E-state index contributed by atoms with van der Waals surface area (Å²) in [6.07, 6.45) is 0. The van der Waals surface area contributed by atoms with E-state index in [1.165, 1.54) is 33.4 Å². The first-order valence-electron chi connectivity index (χ1n) is 14.2. The molecule has 2 nitrogen and oxygen atoms in total. The molecule has 196 valence electrons. The van der Waals surface area contributed by atoms with Crippen molar-refractivity contribution in [3.05, 3.63) is 151 Å². The fraction of sp³-hybridized carbons (Fsp3) is 0.0769. The lowest BCUT2D eigenvalue weighted by Crippen LogP contribution is -2.14. The maximum atomic E-state index is 6.28. The minimum Gasteiger partial charge on any atom is -0.456 e. The quantitative estimate of drug-likeness (QED) is 0.226. The van der Waals surface area contributed by atoms with Crippen LogP contribution in [-0.2, 0) is 5.41 Å². The van der Waals surface area contributed by atoms with Gasteiger partial charge in [-0.05, 0) is 75.8 Å². The van der Waals surface area contributed by atoms with Crippen LogP contribution >= 0.6 is 0 Å². The molecule has 0 atom stereocenters. The lowest BCUT2D eigenvalue weighted by atomic mass is 9.82. The van der Waals surface area contributed by atoms with Gasteiger partial charge in [0, 0.05) is 39.3 Å². The lowest BCUT2D eigenvalue weighted by Gasteiger charge is -2.26. The van der Waals surface area contributed by atoms with E-state index in [0.717, 1.165) is 39.0 Å². The highest BCUT2D eigenvalue weighted by Crippen LogP contribution is 2.52. The molecule has 0 bridgehead atoms. The molecule has 1 heterocycles. The molecule has 1 aliphatic rings. The van der Waals surface area contributed by atoms with Crippen LogP contribution in [0.3, 0.4) is 0 Å². The van der Waals surface area contributed by atoms with Crippen LogP contribution in [0.1, 0.15) is 25.0 Å². The summed E-state index contributed by atoms with van der Waals surface area (Å²) in [5.74, 6) is 0. The Morgan fingerprint density at radius 2 is 1.15 bits per heavy atom. The summed E-state index contributed by atoms with van der Waals surface area (Å²) in [5, 5.41) is 2.27. The molecule has 41 heavy (non-hydrogen) atoms. The number of para-hydroxylation sites is 2. The van der Waals surface area contributed by atoms with E-state index in [9.17, 15) is 0 Å². The number of anilines is 3. The van der Waals surface area contributed by atoms with Gasteiger partial charge in [0.05, 0.1) is 0 Å². The highest BCUT2D eigenvalue weighted by Gasteiger charge is 2.36. The summed E-state index contributed by atoms with van der Waals surface area (Å²) in [7, 11) is 0. The Morgan fingerprint density at radius 3 is 2.05 bits per heavy atom. The van der Waals surface area contributed by atoms with Gasteiger partial charge in [0.25, 0.3) is 0 Å². The maximum Gasteiger partial charge on any atom is 0.137 e. The average molecular weight is 528 g/mol. The van der Waals surface area contributed by atoms with E-state index in [1.807, 2.05) is 12.1 Å². The second-order valence-corrected chi connectivity index (χ2v) is 11.4. The van der Waals surface area contributed by atoms with Gasteiger partial charge in [0.1, 0.15) is 11.2 Å². The van der Waals surface area contributed by atoms with Gasteiger partial charge >= 0.3 is 0 Å². The molecule has 7 aromatic rings. The Labute approximate surface area is 240 Å². The molecule has 0 spiro atoms. The smallest absolute Gasteiger partial charge is 0.137 e. The molecular formula is C39H29NO. The topological polar surface area (TPSA) is 16.4 Å². The van der Waals surface area contributed by atoms with Gasteiger partial charge in [0.15, 0.2) is 0 Å². The number of benzene rings is 6. The predicted molar refractivity (Wildman–Crippen MR) is 171 cm³/mol. The molecule has 8 rings (SSSR count). The van der Waals surface area contributed by atoms with E-state index >= 15 is 0 Å². The Balaban J connectivity index is 1.31. The first kappa shape index (κ1) is 23.8. The van der Waals surface area contributed by atoms with Crippen molar-refractivity contribution in [1.82, 2.24) is 0 Å². The molecule has 0 N–H and O–H groups in total. The summed E-state index contributed by atoms with van der Waals surface area (Å²) >= 11 is 0. The summed E-state index contributed by atoms with van der Waals surface area (Å²) < 4.78 is 6.28. The van der Waals surface area contributed by atoms with Gasteiger partial charge in [0.2, 0.25) is 0 Å². The van der Waals surface area contributed by atoms with Crippen LogP contribution in [0.5, 0.6) is 0 Å². The molecule has 1 aromatic heterocycles.